The molecule has 3 rings (SSSR count). The summed E-state index contributed by atoms with van der Waals surface area (Å²) in [6.07, 6.45) is 4.69. The molecule has 27 heavy (non-hydrogen) atoms. The van der Waals surface area contributed by atoms with E-state index in [-0.39, 0.29) is 24.2 Å². The first-order valence-electron chi connectivity index (χ1n) is 9.62. The Balaban J connectivity index is 1.69. The summed E-state index contributed by atoms with van der Waals surface area (Å²) >= 11 is 0. The molecule has 0 bridgehead atoms. The van der Waals surface area contributed by atoms with E-state index in [1.54, 1.807) is 6.20 Å². The zero-order valence-corrected chi connectivity index (χ0v) is 16.6. The Morgan fingerprint density at radius 1 is 1.30 bits per heavy atom. The molecule has 0 radical (unpaired) electrons. The number of carbonyl (C=O) groups is 2. The fourth-order valence-corrected chi connectivity index (χ4v) is 3.84. The predicted molar refractivity (Wildman–Crippen MR) is 102 cm³/mol. The number of rotatable bonds is 3. The maximum Gasteiger partial charge on any atom is 0.407 e. The number of esters is 1. The minimum atomic E-state index is -0.504. The quantitative estimate of drug-likeness (QED) is 0.818. The highest BCUT2D eigenvalue weighted by Crippen LogP contribution is 2.38. The van der Waals surface area contributed by atoms with Gasteiger partial charge in [-0.15, -0.1) is 0 Å². The largest absolute Gasteiger partial charge is 0.456 e. The van der Waals surface area contributed by atoms with Gasteiger partial charge in [-0.05, 0) is 52.5 Å². The number of piperidine rings is 1. The summed E-state index contributed by atoms with van der Waals surface area (Å²) in [5, 5.41) is 2.99. The molecule has 0 saturated carbocycles. The van der Waals surface area contributed by atoms with Crippen molar-refractivity contribution in [1.82, 2.24) is 10.3 Å². The van der Waals surface area contributed by atoms with Gasteiger partial charge < -0.3 is 19.7 Å². The number of nitrogens with one attached hydrogen (secondary N) is 1. The first kappa shape index (κ1) is 19.5. The van der Waals surface area contributed by atoms with Gasteiger partial charge in [0.2, 0.25) is 0 Å². The maximum absolute atomic E-state index is 12.1. The lowest BCUT2D eigenvalue weighted by Gasteiger charge is -2.36. The van der Waals surface area contributed by atoms with Crippen LogP contribution in [0.2, 0.25) is 0 Å². The molecule has 1 aromatic heterocycles. The summed E-state index contributed by atoms with van der Waals surface area (Å²) in [5.74, 6) is -0.278. The van der Waals surface area contributed by atoms with Crippen molar-refractivity contribution in [2.75, 3.05) is 18.0 Å². The SMILES string of the molecule is CC(=O)OC1CCc2c(N3CCC[C@H](NC(=O)OC(C)(C)C)C3)ccnc21. The fourth-order valence-electron chi connectivity index (χ4n) is 3.84. The number of pyridine rings is 1. The number of anilines is 1. The molecule has 7 nitrogen and oxygen atoms in total. The molecule has 1 amide bonds. The average Bonchev–Trinajstić information content (AvgIpc) is 2.95. The van der Waals surface area contributed by atoms with Crippen LogP contribution in [-0.2, 0) is 20.7 Å². The van der Waals surface area contributed by atoms with Crippen LogP contribution in [0.3, 0.4) is 0 Å². The van der Waals surface area contributed by atoms with Gasteiger partial charge in [0, 0.05) is 43.5 Å². The van der Waals surface area contributed by atoms with Gasteiger partial charge in [0.05, 0.1) is 5.69 Å². The lowest BCUT2D eigenvalue weighted by molar-refractivity contribution is -0.146. The summed E-state index contributed by atoms with van der Waals surface area (Å²) in [4.78, 5) is 30.2. The third-order valence-electron chi connectivity index (χ3n) is 4.82. The van der Waals surface area contributed by atoms with Gasteiger partial charge in [-0.3, -0.25) is 9.78 Å². The number of aromatic nitrogens is 1. The smallest absolute Gasteiger partial charge is 0.407 e. The van der Waals surface area contributed by atoms with Crippen LogP contribution in [0.25, 0.3) is 0 Å². The van der Waals surface area contributed by atoms with Crippen molar-refractivity contribution >= 4 is 17.7 Å². The summed E-state index contributed by atoms with van der Waals surface area (Å²) < 4.78 is 10.8. The standard InChI is InChI=1S/C20H29N3O4/c1-13(24)26-17-8-7-15-16(9-10-21-18(15)17)23-11-5-6-14(12-23)22-19(25)27-20(2,3)4/h9-10,14,17H,5-8,11-12H2,1-4H3,(H,22,25)/t14-,17?/m0/s1. The van der Waals surface area contributed by atoms with Crippen LogP contribution in [0.1, 0.15) is 64.3 Å². The number of alkyl carbamates (subject to hydrolysis) is 1. The minimum absolute atomic E-state index is 0.0445. The van der Waals surface area contributed by atoms with Crippen molar-refractivity contribution in [3.8, 4) is 0 Å². The van der Waals surface area contributed by atoms with Crippen molar-refractivity contribution in [2.45, 2.75) is 71.1 Å². The van der Waals surface area contributed by atoms with E-state index in [1.807, 2.05) is 26.8 Å². The molecule has 1 fully saturated rings. The van der Waals surface area contributed by atoms with Gasteiger partial charge in [0.1, 0.15) is 11.7 Å². The zero-order chi connectivity index (χ0) is 19.6. The van der Waals surface area contributed by atoms with Gasteiger partial charge in [-0.25, -0.2) is 4.79 Å². The molecular formula is C20H29N3O4. The number of carbonyl (C=O) groups excluding carboxylic acids is 2. The zero-order valence-electron chi connectivity index (χ0n) is 16.6. The molecule has 2 atom stereocenters. The topological polar surface area (TPSA) is 80.8 Å². The predicted octanol–water partition coefficient (Wildman–Crippen LogP) is 3.13. The Kier molecular flexibility index (Phi) is 5.58. The normalized spacial score (nSPS) is 22.1. The van der Waals surface area contributed by atoms with E-state index in [4.69, 9.17) is 9.47 Å². The van der Waals surface area contributed by atoms with Crippen molar-refractivity contribution in [1.29, 1.82) is 0 Å². The molecule has 148 valence electrons. The van der Waals surface area contributed by atoms with Crippen molar-refractivity contribution < 1.29 is 19.1 Å². The van der Waals surface area contributed by atoms with Gasteiger partial charge >= 0.3 is 12.1 Å². The van der Waals surface area contributed by atoms with Crippen LogP contribution in [0.4, 0.5) is 10.5 Å². The highest BCUT2D eigenvalue weighted by atomic mass is 16.6. The third kappa shape index (κ3) is 4.90. The second kappa shape index (κ2) is 7.74. The van der Waals surface area contributed by atoms with Crippen LogP contribution in [0.15, 0.2) is 12.3 Å². The third-order valence-corrected chi connectivity index (χ3v) is 4.82. The van der Waals surface area contributed by atoms with E-state index in [1.165, 1.54) is 6.92 Å². The van der Waals surface area contributed by atoms with Gasteiger partial charge in [0.15, 0.2) is 0 Å². The molecule has 1 N–H and O–H groups in total. The summed E-state index contributed by atoms with van der Waals surface area (Å²) in [6, 6.07) is 2.06. The van der Waals surface area contributed by atoms with Crippen molar-refractivity contribution in [2.24, 2.45) is 0 Å². The maximum atomic E-state index is 12.1. The van der Waals surface area contributed by atoms with E-state index in [9.17, 15) is 9.59 Å². The number of hydrogen-bond donors (Lipinski definition) is 1. The number of fused-ring (bicyclic) bond motifs is 1. The Morgan fingerprint density at radius 3 is 2.78 bits per heavy atom. The second-order valence-corrected chi connectivity index (χ2v) is 8.26. The Bertz CT molecular complexity index is 714. The van der Waals surface area contributed by atoms with Crippen LogP contribution in [0.5, 0.6) is 0 Å². The van der Waals surface area contributed by atoms with Crippen LogP contribution in [0, 0.1) is 0 Å². The lowest BCUT2D eigenvalue weighted by atomic mass is 10.0. The summed E-state index contributed by atoms with van der Waals surface area (Å²) in [6.45, 7) is 8.67. The molecule has 1 saturated heterocycles. The Labute approximate surface area is 160 Å². The van der Waals surface area contributed by atoms with Gasteiger partial charge in [-0.2, -0.15) is 0 Å². The molecular weight excluding hydrogens is 346 g/mol. The minimum Gasteiger partial charge on any atom is -0.456 e. The second-order valence-electron chi connectivity index (χ2n) is 8.26. The van der Waals surface area contributed by atoms with Crippen LogP contribution >= 0.6 is 0 Å². The highest BCUT2D eigenvalue weighted by Gasteiger charge is 2.31. The molecule has 1 aromatic rings. The summed E-state index contributed by atoms with van der Waals surface area (Å²) in [5.41, 5.74) is 2.65. The number of hydrogen-bond acceptors (Lipinski definition) is 6. The molecule has 0 spiro atoms. The van der Waals surface area contributed by atoms with Crippen molar-refractivity contribution in [3.05, 3.63) is 23.5 Å². The molecule has 1 unspecified atom stereocenters. The number of ether oxygens (including phenoxy) is 2. The van der Waals surface area contributed by atoms with Gasteiger partial charge in [-0.1, -0.05) is 0 Å². The van der Waals surface area contributed by atoms with Crippen LogP contribution in [-0.4, -0.2) is 41.8 Å². The highest BCUT2D eigenvalue weighted by molar-refractivity contribution is 5.68. The fraction of sp³-hybridized carbons (Fsp3) is 0.650. The van der Waals surface area contributed by atoms with E-state index >= 15 is 0 Å². The van der Waals surface area contributed by atoms with Gasteiger partial charge in [0.25, 0.3) is 0 Å². The molecule has 0 aromatic carbocycles. The first-order valence-corrected chi connectivity index (χ1v) is 9.62. The monoisotopic (exact) mass is 375 g/mol. The number of amides is 1. The number of nitrogens with zero attached hydrogens (tertiary/aromatic N) is 2. The Hall–Kier alpha value is -2.31. The molecule has 2 aliphatic rings. The molecule has 2 heterocycles. The molecule has 1 aliphatic heterocycles. The van der Waals surface area contributed by atoms with E-state index in [0.717, 1.165) is 55.7 Å². The molecule has 7 heteroatoms. The first-order chi connectivity index (χ1) is 12.7. The van der Waals surface area contributed by atoms with Crippen molar-refractivity contribution in [3.63, 3.8) is 0 Å². The molecule has 1 aliphatic carbocycles. The van der Waals surface area contributed by atoms with E-state index < -0.39 is 5.60 Å². The Morgan fingerprint density at radius 2 is 2.07 bits per heavy atom. The van der Waals surface area contributed by atoms with E-state index in [0.29, 0.717) is 0 Å². The average molecular weight is 375 g/mol. The lowest BCUT2D eigenvalue weighted by Crippen LogP contribution is -2.49. The van der Waals surface area contributed by atoms with Crippen LogP contribution < -0.4 is 10.2 Å². The van der Waals surface area contributed by atoms with E-state index in [2.05, 4.69) is 15.2 Å². The summed E-state index contributed by atoms with van der Waals surface area (Å²) in [7, 11) is 0.